The van der Waals surface area contributed by atoms with E-state index in [0.29, 0.717) is 5.88 Å². The molecule has 0 aliphatic heterocycles. The number of sulfonamides is 1. The number of hydrogen-bond acceptors (Lipinski definition) is 4. The van der Waals surface area contributed by atoms with Crippen LogP contribution in [-0.4, -0.2) is 24.8 Å². The molecule has 0 saturated carbocycles. The third-order valence-electron chi connectivity index (χ3n) is 2.63. The Morgan fingerprint density at radius 2 is 2.21 bits per heavy atom. The Hall–Kier alpha value is -0.950. The number of aromatic nitrogens is 1. The van der Waals surface area contributed by atoms with Crippen molar-refractivity contribution in [3.8, 4) is 0 Å². The van der Waals surface area contributed by atoms with Crippen molar-refractivity contribution >= 4 is 33.0 Å². The van der Waals surface area contributed by atoms with Crippen molar-refractivity contribution in [1.29, 1.82) is 0 Å². The van der Waals surface area contributed by atoms with Gasteiger partial charge in [-0.25, -0.2) is 13.4 Å². The standard InChI is InChI=1S/C12H13ClN2O2S2/c1-15(7-11-8-18-9-14-11)19(16,17)12-4-2-3-10(5-12)6-13/h2-5,8-9H,6-7H2,1H3. The first-order valence-corrected chi connectivity index (χ1v) is 8.44. The summed E-state index contributed by atoms with van der Waals surface area (Å²) in [7, 11) is -1.96. The van der Waals surface area contributed by atoms with Gasteiger partial charge in [-0.15, -0.1) is 22.9 Å². The molecule has 0 atom stereocenters. The van der Waals surface area contributed by atoms with Gasteiger partial charge in [-0.3, -0.25) is 0 Å². The van der Waals surface area contributed by atoms with Crippen molar-refractivity contribution in [2.75, 3.05) is 7.05 Å². The molecule has 2 aromatic rings. The van der Waals surface area contributed by atoms with Crippen LogP contribution in [0.15, 0.2) is 40.1 Å². The van der Waals surface area contributed by atoms with Crippen molar-refractivity contribution < 1.29 is 8.42 Å². The number of alkyl halides is 1. The van der Waals surface area contributed by atoms with E-state index in [1.54, 1.807) is 36.8 Å². The Kier molecular flexibility index (Phi) is 4.57. The summed E-state index contributed by atoms with van der Waals surface area (Å²) >= 11 is 7.17. The van der Waals surface area contributed by atoms with Gasteiger partial charge in [0.15, 0.2) is 0 Å². The highest BCUT2D eigenvalue weighted by Gasteiger charge is 2.21. The first-order valence-electron chi connectivity index (χ1n) is 5.52. The molecule has 1 heterocycles. The highest BCUT2D eigenvalue weighted by Crippen LogP contribution is 2.18. The van der Waals surface area contributed by atoms with Crippen LogP contribution in [0.25, 0.3) is 0 Å². The van der Waals surface area contributed by atoms with Crippen LogP contribution >= 0.6 is 22.9 Å². The van der Waals surface area contributed by atoms with Crippen LogP contribution in [0.1, 0.15) is 11.3 Å². The molecule has 2 rings (SSSR count). The lowest BCUT2D eigenvalue weighted by molar-refractivity contribution is 0.463. The average Bonchev–Trinajstić information content (AvgIpc) is 2.91. The molecule has 1 aromatic carbocycles. The monoisotopic (exact) mass is 316 g/mol. The Balaban J connectivity index is 2.25. The van der Waals surface area contributed by atoms with Crippen molar-refractivity contribution in [3.05, 3.63) is 46.4 Å². The molecular formula is C12H13ClN2O2S2. The van der Waals surface area contributed by atoms with Gasteiger partial charge in [0.05, 0.1) is 22.6 Å². The molecule has 0 spiro atoms. The average molecular weight is 317 g/mol. The zero-order valence-corrected chi connectivity index (χ0v) is 12.7. The van der Waals surface area contributed by atoms with Crippen LogP contribution < -0.4 is 0 Å². The molecule has 0 unspecified atom stereocenters. The SMILES string of the molecule is CN(Cc1cscn1)S(=O)(=O)c1cccc(CCl)c1. The molecule has 0 N–H and O–H groups in total. The van der Waals surface area contributed by atoms with Crippen molar-refractivity contribution in [2.45, 2.75) is 17.3 Å². The minimum Gasteiger partial charge on any atom is -0.248 e. The quantitative estimate of drug-likeness (QED) is 0.797. The number of hydrogen-bond donors (Lipinski definition) is 0. The zero-order valence-electron chi connectivity index (χ0n) is 10.3. The molecule has 0 aliphatic carbocycles. The fourth-order valence-electron chi connectivity index (χ4n) is 1.60. The normalized spacial score (nSPS) is 11.9. The maximum atomic E-state index is 12.4. The van der Waals surface area contributed by atoms with Crippen LogP contribution in [0.4, 0.5) is 0 Å². The number of thiazole rings is 1. The van der Waals surface area contributed by atoms with E-state index < -0.39 is 10.0 Å². The number of benzene rings is 1. The van der Waals surface area contributed by atoms with E-state index in [9.17, 15) is 8.42 Å². The van der Waals surface area contributed by atoms with E-state index in [2.05, 4.69) is 4.98 Å². The third-order valence-corrected chi connectivity index (χ3v) is 5.37. The second kappa shape index (κ2) is 6.00. The van der Waals surface area contributed by atoms with E-state index in [0.717, 1.165) is 11.3 Å². The Morgan fingerprint density at radius 1 is 1.42 bits per heavy atom. The lowest BCUT2D eigenvalue weighted by Gasteiger charge is -2.16. The molecule has 0 radical (unpaired) electrons. The minimum atomic E-state index is -3.51. The van der Waals surface area contributed by atoms with Gasteiger partial charge < -0.3 is 0 Å². The smallest absolute Gasteiger partial charge is 0.243 e. The third kappa shape index (κ3) is 3.33. The van der Waals surface area contributed by atoms with Gasteiger partial charge in [-0.2, -0.15) is 4.31 Å². The summed E-state index contributed by atoms with van der Waals surface area (Å²) in [5, 5.41) is 1.83. The first kappa shape index (κ1) is 14.5. The summed E-state index contributed by atoms with van der Waals surface area (Å²) < 4.78 is 26.1. The molecule has 7 heteroatoms. The first-order chi connectivity index (χ1) is 9.04. The fraction of sp³-hybridized carbons (Fsp3) is 0.250. The fourth-order valence-corrected chi connectivity index (χ4v) is 3.53. The summed E-state index contributed by atoms with van der Waals surface area (Å²) in [5.41, 5.74) is 3.21. The molecule has 1 aromatic heterocycles. The molecule has 19 heavy (non-hydrogen) atoms. The van der Waals surface area contributed by atoms with E-state index in [-0.39, 0.29) is 11.4 Å². The number of nitrogens with zero attached hydrogens (tertiary/aromatic N) is 2. The molecule has 0 saturated heterocycles. The van der Waals surface area contributed by atoms with Crippen LogP contribution in [0.5, 0.6) is 0 Å². The molecule has 0 aliphatic rings. The second-order valence-corrected chi connectivity index (χ2v) is 7.05. The topological polar surface area (TPSA) is 50.3 Å². The number of rotatable bonds is 5. The van der Waals surface area contributed by atoms with Crippen molar-refractivity contribution in [2.24, 2.45) is 0 Å². The largest absolute Gasteiger partial charge is 0.248 e. The van der Waals surface area contributed by atoms with Gasteiger partial charge in [-0.1, -0.05) is 12.1 Å². The van der Waals surface area contributed by atoms with Crippen LogP contribution in [-0.2, 0) is 22.4 Å². The predicted molar refractivity (Wildman–Crippen MR) is 76.8 cm³/mol. The highest BCUT2D eigenvalue weighted by atomic mass is 35.5. The Morgan fingerprint density at radius 3 is 2.84 bits per heavy atom. The zero-order chi connectivity index (χ0) is 13.9. The van der Waals surface area contributed by atoms with E-state index >= 15 is 0 Å². The summed E-state index contributed by atoms with van der Waals surface area (Å²) in [4.78, 5) is 4.34. The van der Waals surface area contributed by atoms with Crippen LogP contribution in [0, 0.1) is 0 Å². The Bertz CT molecular complexity index is 642. The highest BCUT2D eigenvalue weighted by molar-refractivity contribution is 7.89. The van der Waals surface area contributed by atoms with E-state index in [1.165, 1.54) is 15.6 Å². The Labute approximate surface area is 121 Å². The molecule has 0 fully saturated rings. The molecule has 4 nitrogen and oxygen atoms in total. The van der Waals surface area contributed by atoms with Crippen LogP contribution in [0.2, 0.25) is 0 Å². The van der Waals surface area contributed by atoms with Gasteiger partial charge >= 0.3 is 0 Å². The summed E-state index contributed by atoms with van der Waals surface area (Å²) in [6.45, 7) is 0.261. The maximum absolute atomic E-state index is 12.4. The lowest BCUT2D eigenvalue weighted by atomic mass is 10.2. The van der Waals surface area contributed by atoms with Crippen LogP contribution in [0.3, 0.4) is 0 Å². The van der Waals surface area contributed by atoms with Gasteiger partial charge in [-0.05, 0) is 17.7 Å². The van der Waals surface area contributed by atoms with Crippen molar-refractivity contribution in [1.82, 2.24) is 9.29 Å². The molecule has 0 amide bonds. The molecular weight excluding hydrogens is 304 g/mol. The summed E-state index contributed by atoms with van der Waals surface area (Å²) in [6, 6.07) is 6.66. The van der Waals surface area contributed by atoms with Gasteiger partial charge in [0.25, 0.3) is 0 Å². The lowest BCUT2D eigenvalue weighted by Crippen LogP contribution is -2.26. The van der Waals surface area contributed by atoms with Crippen molar-refractivity contribution in [3.63, 3.8) is 0 Å². The summed E-state index contributed by atoms with van der Waals surface area (Å²) in [5.74, 6) is 0.291. The minimum absolute atomic E-state index is 0.253. The molecule has 0 bridgehead atoms. The summed E-state index contributed by atoms with van der Waals surface area (Å²) in [6.07, 6.45) is 0. The maximum Gasteiger partial charge on any atom is 0.243 e. The number of halogens is 1. The predicted octanol–water partition coefficient (Wildman–Crippen LogP) is 2.70. The second-order valence-electron chi connectivity index (χ2n) is 4.02. The van der Waals surface area contributed by atoms with E-state index in [4.69, 9.17) is 11.6 Å². The molecule has 102 valence electrons. The van der Waals surface area contributed by atoms with Gasteiger partial charge in [0.1, 0.15) is 0 Å². The van der Waals surface area contributed by atoms with Gasteiger partial charge in [0.2, 0.25) is 10.0 Å². The van der Waals surface area contributed by atoms with Gasteiger partial charge in [0, 0.05) is 18.3 Å². The van der Waals surface area contributed by atoms with E-state index in [1.807, 2.05) is 5.38 Å².